The van der Waals surface area contributed by atoms with Gasteiger partial charge in [0.25, 0.3) is 0 Å². The van der Waals surface area contributed by atoms with Crippen molar-refractivity contribution >= 4 is 5.91 Å². The zero-order valence-electron chi connectivity index (χ0n) is 13.9. The Morgan fingerprint density at radius 2 is 2.12 bits per heavy atom. The number of rotatable bonds is 5. The smallest absolute Gasteiger partial charge is 0.234 e. The van der Waals surface area contributed by atoms with Crippen molar-refractivity contribution < 1.29 is 9.53 Å². The highest BCUT2D eigenvalue weighted by Crippen LogP contribution is 2.22. The van der Waals surface area contributed by atoms with Gasteiger partial charge in [0.15, 0.2) is 0 Å². The number of hydrogen-bond donors (Lipinski definition) is 1. The summed E-state index contributed by atoms with van der Waals surface area (Å²) in [6.07, 6.45) is 1.76. The van der Waals surface area contributed by atoms with Crippen molar-refractivity contribution in [1.82, 2.24) is 15.2 Å². The van der Waals surface area contributed by atoms with Crippen molar-refractivity contribution in [2.75, 3.05) is 26.2 Å². The number of benzene rings is 1. The Labute approximate surface area is 142 Å². The van der Waals surface area contributed by atoms with Gasteiger partial charge in [-0.05, 0) is 24.6 Å². The number of aromatic nitrogens is 1. The SMILES string of the molecule is Cc1ccc(C2CN(CC(=O)NCc3ccccn3)CCO2)cc1. The summed E-state index contributed by atoms with van der Waals surface area (Å²) in [6.45, 7) is 5.08. The van der Waals surface area contributed by atoms with Gasteiger partial charge < -0.3 is 10.1 Å². The molecule has 1 unspecified atom stereocenters. The third-order valence-electron chi connectivity index (χ3n) is 4.16. The van der Waals surface area contributed by atoms with Gasteiger partial charge in [-0.15, -0.1) is 0 Å². The van der Waals surface area contributed by atoms with Crippen molar-refractivity contribution in [3.8, 4) is 0 Å². The van der Waals surface area contributed by atoms with Gasteiger partial charge in [-0.1, -0.05) is 35.9 Å². The number of pyridine rings is 1. The molecule has 0 spiro atoms. The molecule has 2 heterocycles. The van der Waals surface area contributed by atoms with Crippen LogP contribution in [0.5, 0.6) is 0 Å². The normalized spacial score (nSPS) is 18.3. The molecule has 1 aromatic carbocycles. The van der Waals surface area contributed by atoms with E-state index in [-0.39, 0.29) is 12.0 Å². The van der Waals surface area contributed by atoms with E-state index >= 15 is 0 Å². The Kier molecular flexibility index (Phi) is 5.56. The first kappa shape index (κ1) is 16.6. The van der Waals surface area contributed by atoms with Crippen molar-refractivity contribution in [2.45, 2.75) is 19.6 Å². The van der Waals surface area contributed by atoms with Crippen LogP contribution >= 0.6 is 0 Å². The van der Waals surface area contributed by atoms with Gasteiger partial charge in [-0.25, -0.2) is 0 Å². The maximum atomic E-state index is 12.2. The summed E-state index contributed by atoms with van der Waals surface area (Å²) >= 11 is 0. The lowest BCUT2D eigenvalue weighted by atomic mass is 10.1. The molecular formula is C19H23N3O2. The molecule has 5 heteroatoms. The second-order valence-electron chi connectivity index (χ2n) is 6.10. The molecule has 24 heavy (non-hydrogen) atoms. The van der Waals surface area contributed by atoms with E-state index in [1.54, 1.807) is 6.20 Å². The van der Waals surface area contributed by atoms with Gasteiger partial charge in [0.2, 0.25) is 5.91 Å². The fourth-order valence-electron chi connectivity index (χ4n) is 2.78. The summed E-state index contributed by atoms with van der Waals surface area (Å²) in [7, 11) is 0. The van der Waals surface area contributed by atoms with E-state index in [9.17, 15) is 4.79 Å². The standard InChI is InChI=1S/C19H23N3O2/c1-15-5-7-16(8-6-15)18-13-22(10-11-24-18)14-19(23)21-12-17-4-2-3-9-20-17/h2-9,18H,10-14H2,1H3,(H,21,23). The predicted molar refractivity (Wildman–Crippen MR) is 92.4 cm³/mol. The van der Waals surface area contributed by atoms with Gasteiger partial charge in [0.1, 0.15) is 0 Å². The molecule has 5 nitrogen and oxygen atoms in total. The largest absolute Gasteiger partial charge is 0.371 e. The first-order valence-electron chi connectivity index (χ1n) is 8.28. The van der Waals surface area contributed by atoms with E-state index in [0.29, 0.717) is 19.7 Å². The molecule has 3 rings (SSSR count). The number of aryl methyl sites for hydroxylation is 1. The average Bonchev–Trinajstić information content (AvgIpc) is 2.62. The molecule has 1 amide bonds. The molecule has 0 radical (unpaired) electrons. The highest BCUT2D eigenvalue weighted by Gasteiger charge is 2.23. The maximum Gasteiger partial charge on any atom is 0.234 e. The van der Waals surface area contributed by atoms with Crippen LogP contribution in [0.15, 0.2) is 48.7 Å². The number of nitrogens with one attached hydrogen (secondary N) is 1. The van der Waals surface area contributed by atoms with Crippen molar-refractivity contribution in [2.24, 2.45) is 0 Å². The van der Waals surface area contributed by atoms with Crippen LogP contribution in [0.2, 0.25) is 0 Å². The average molecular weight is 325 g/mol. The minimum atomic E-state index is 0.0187. The summed E-state index contributed by atoms with van der Waals surface area (Å²) in [5, 5.41) is 2.92. The molecule has 1 aromatic heterocycles. The topological polar surface area (TPSA) is 54.5 Å². The molecule has 1 aliphatic rings. The van der Waals surface area contributed by atoms with Crippen LogP contribution in [0.3, 0.4) is 0 Å². The van der Waals surface area contributed by atoms with E-state index in [0.717, 1.165) is 18.8 Å². The number of ether oxygens (including phenoxy) is 1. The van der Waals surface area contributed by atoms with Crippen molar-refractivity contribution in [1.29, 1.82) is 0 Å². The highest BCUT2D eigenvalue weighted by molar-refractivity contribution is 5.77. The molecular weight excluding hydrogens is 302 g/mol. The number of amides is 1. The number of morpholine rings is 1. The first-order chi connectivity index (χ1) is 11.7. The molecule has 1 fully saturated rings. The zero-order valence-corrected chi connectivity index (χ0v) is 13.9. The molecule has 1 N–H and O–H groups in total. The maximum absolute atomic E-state index is 12.2. The van der Waals surface area contributed by atoms with Crippen LogP contribution in [0.1, 0.15) is 22.9 Å². The molecule has 0 aliphatic carbocycles. The van der Waals surface area contributed by atoms with Crippen LogP contribution in [-0.2, 0) is 16.1 Å². The Morgan fingerprint density at radius 1 is 1.29 bits per heavy atom. The van der Waals surface area contributed by atoms with Crippen molar-refractivity contribution in [3.63, 3.8) is 0 Å². The van der Waals surface area contributed by atoms with Crippen molar-refractivity contribution in [3.05, 3.63) is 65.5 Å². The number of carbonyl (C=O) groups is 1. The zero-order chi connectivity index (χ0) is 16.8. The van der Waals surface area contributed by atoms with Gasteiger partial charge in [0.05, 0.1) is 31.5 Å². The number of hydrogen-bond acceptors (Lipinski definition) is 4. The molecule has 2 aromatic rings. The first-order valence-corrected chi connectivity index (χ1v) is 8.28. The lowest BCUT2D eigenvalue weighted by Gasteiger charge is -2.32. The van der Waals surface area contributed by atoms with Crippen LogP contribution < -0.4 is 5.32 Å². The van der Waals surface area contributed by atoms with Crippen LogP contribution in [0, 0.1) is 6.92 Å². The lowest BCUT2D eigenvalue weighted by molar-refractivity contribution is -0.124. The quantitative estimate of drug-likeness (QED) is 0.914. The van der Waals surface area contributed by atoms with Gasteiger partial charge >= 0.3 is 0 Å². The Hall–Kier alpha value is -2.24. The monoisotopic (exact) mass is 325 g/mol. The van der Waals surface area contributed by atoms with Gasteiger partial charge in [0, 0.05) is 19.3 Å². The second-order valence-corrected chi connectivity index (χ2v) is 6.10. The van der Waals surface area contributed by atoms with Crippen LogP contribution in [0.25, 0.3) is 0 Å². The van der Waals surface area contributed by atoms with Crippen LogP contribution in [0.4, 0.5) is 0 Å². The highest BCUT2D eigenvalue weighted by atomic mass is 16.5. The molecule has 126 valence electrons. The number of nitrogens with zero attached hydrogens (tertiary/aromatic N) is 2. The summed E-state index contributed by atoms with van der Waals surface area (Å²) in [6, 6.07) is 14.1. The molecule has 0 saturated carbocycles. The van der Waals surface area contributed by atoms with E-state index < -0.39 is 0 Å². The second kappa shape index (κ2) is 8.04. The van der Waals surface area contributed by atoms with E-state index in [4.69, 9.17) is 4.74 Å². The lowest BCUT2D eigenvalue weighted by Crippen LogP contribution is -2.44. The summed E-state index contributed by atoms with van der Waals surface area (Å²) in [4.78, 5) is 18.5. The minimum absolute atomic E-state index is 0.0187. The molecule has 1 saturated heterocycles. The summed E-state index contributed by atoms with van der Waals surface area (Å²) < 4.78 is 5.86. The third-order valence-corrected chi connectivity index (χ3v) is 4.16. The fourth-order valence-corrected chi connectivity index (χ4v) is 2.78. The predicted octanol–water partition coefficient (Wildman–Crippen LogP) is 2.08. The Balaban J connectivity index is 1.49. The summed E-state index contributed by atoms with van der Waals surface area (Å²) in [5.74, 6) is 0.0187. The van der Waals surface area contributed by atoms with Gasteiger partial charge in [-0.2, -0.15) is 0 Å². The van der Waals surface area contributed by atoms with Gasteiger partial charge in [-0.3, -0.25) is 14.7 Å². The fraction of sp³-hybridized carbons (Fsp3) is 0.368. The summed E-state index contributed by atoms with van der Waals surface area (Å²) in [5.41, 5.74) is 3.27. The molecule has 1 aliphatic heterocycles. The van der Waals surface area contributed by atoms with E-state index in [2.05, 4.69) is 46.4 Å². The molecule has 0 bridgehead atoms. The number of carbonyl (C=O) groups excluding carboxylic acids is 1. The van der Waals surface area contributed by atoms with E-state index in [1.807, 2.05) is 18.2 Å². The Morgan fingerprint density at radius 3 is 2.88 bits per heavy atom. The minimum Gasteiger partial charge on any atom is -0.371 e. The third kappa shape index (κ3) is 4.63. The van der Waals surface area contributed by atoms with E-state index in [1.165, 1.54) is 11.1 Å². The van der Waals surface area contributed by atoms with Crippen LogP contribution in [-0.4, -0.2) is 42.0 Å². The Bertz CT molecular complexity index is 658. The molecule has 1 atom stereocenters.